The van der Waals surface area contributed by atoms with Crippen molar-refractivity contribution in [1.82, 2.24) is 5.32 Å². The first kappa shape index (κ1) is 15.5. The summed E-state index contributed by atoms with van der Waals surface area (Å²) in [5, 5.41) is 23.8. The van der Waals surface area contributed by atoms with Gasteiger partial charge in [0.25, 0.3) is 5.91 Å². The highest BCUT2D eigenvalue weighted by Crippen LogP contribution is 2.29. The van der Waals surface area contributed by atoms with E-state index in [2.05, 4.69) is 5.32 Å². The van der Waals surface area contributed by atoms with E-state index in [1.807, 2.05) is 24.3 Å². The lowest BCUT2D eigenvalue weighted by Crippen LogP contribution is -2.55. The maximum atomic E-state index is 12.4. The van der Waals surface area contributed by atoms with Gasteiger partial charge in [-0.15, -0.1) is 0 Å². The first-order valence-corrected chi connectivity index (χ1v) is 7.88. The van der Waals surface area contributed by atoms with Gasteiger partial charge in [0, 0.05) is 39.0 Å². The van der Waals surface area contributed by atoms with Crippen molar-refractivity contribution < 1.29 is 19.7 Å². The fourth-order valence-electron chi connectivity index (χ4n) is 3.25. The number of hydrogen-bond donors (Lipinski definition) is 3. The number of ether oxygens (including phenoxy) is 1. The molecule has 1 aromatic rings. The van der Waals surface area contributed by atoms with E-state index >= 15 is 0 Å². The standard InChI is InChI=1S/C17H23NO4/c19-15(18-12-16(20)7-9-22-10-8-16)17(21)6-5-13-3-1-2-4-14(13)11-17/h1-4,20-21H,5-12H2,(H,18,19). The van der Waals surface area contributed by atoms with Gasteiger partial charge in [-0.3, -0.25) is 4.79 Å². The second kappa shape index (κ2) is 5.99. The Hall–Kier alpha value is -1.43. The van der Waals surface area contributed by atoms with Gasteiger partial charge in [0.1, 0.15) is 5.60 Å². The summed E-state index contributed by atoms with van der Waals surface area (Å²) in [6.07, 6.45) is 2.45. The molecule has 120 valence electrons. The second-order valence-corrected chi connectivity index (χ2v) is 6.50. The SMILES string of the molecule is O=C(NCC1(O)CCOCC1)C1(O)CCc2ccccc2C1. The number of amides is 1. The Morgan fingerprint density at radius 3 is 2.55 bits per heavy atom. The van der Waals surface area contributed by atoms with Gasteiger partial charge in [-0.1, -0.05) is 24.3 Å². The van der Waals surface area contributed by atoms with Crippen LogP contribution in [-0.4, -0.2) is 47.1 Å². The minimum Gasteiger partial charge on any atom is -0.388 e. The molecule has 5 nitrogen and oxygen atoms in total. The Bertz CT molecular complexity index is 553. The zero-order valence-corrected chi connectivity index (χ0v) is 12.7. The molecule has 1 amide bonds. The predicted molar refractivity (Wildman–Crippen MR) is 81.4 cm³/mol. The first-order chi connectivity index (χ1) is 10.5. The first-order valence-electron chi connectivity index (χ1n) is 7.88. The predicted octanol–water partition coefficient (Wildman–Crippen LogP) is 0.564. The van der Waals surface area contributed by atoms with E-state index in [9.17, 15) is 15.0 Å². The average Bonchev–Trinajstić information content (AvgIpc) is 2.53. The maximum Gasteiger partial charge on any atom is 0.252 e. The Morgan fingerprint density at radius 2 is 1.82 bits per heavy atom. The lowest BCUT2D eigenvalue weighted by Gasteiger charge is -2.35. The van der Waals surface area contributed by atoms with Crippen molar-refractivity contribution in [3.63, 3.8) is 0 Å². The lowest BCUT2D eigenvalue weighted by molar-refractivity contribution is -0.143. The molecule has 3 N–H and O–H groups in total. The Labute approximate surface area is 130 Å². The minimum atomic E-state index is -1.38. The van der Waals surface area contributed by atoms with Gasteiger partial charge < -0.3 is 20.3 Å². The van der Waals surface area contributed by atoms with Crippen LogP contribution in [0.25, 0.3) is 0 Å². The molecule has 22 heavy (non-hydrogen) atoms. The molecule has 3 rings (SSSR count). The van der Waals surface area contributed by atoms with Crippen molar-refractivity contribution in [1.29, 1.82) is 0 Å². The van der Waals surface area contributed by atoms with Crippen LogP contribution in [0, 0.1) is 0 Å². The van der Waals surface area contributed by atoms with Gasteiger partial charge in [-0.2, -0.15) is 0 Å². The fourth-order valence-corrected chi connectivity index (χ4v) is 3.25. The lowest BCUT2D eigenvalue weighted by atomic mass is 9.80. The van der Waals surface area contributed by atoms with Crippen molar-refractivity contribution in [3.8, 4) is 0 Å². The molecule has 1 aliphatic carbocycles. The van der Waals surface area contributed by atoms with Gasteiger partial charge in [0.2, 0.25) is 0 Å². The number of aliphatic hydroxyl groups is 2. The Balaban J connectivity index is 1.62. The monoisotopic (exact) mass is 305 g/mol. The van der Waals surface area contributed by atoms with Crippen LogP contribution in [0.1, 0.15) is 30.4 Å². The van der Waals surface area contributed by atoms with Crippen molar-refractivity contribution in [2.45, 2.75) is 43.3 Å². The zero-order valence-electron chi connectivity index (χ0n) is 12.7. The van der Waals surface area contributed by atoms with Crippen LogP contribution in [0.15, 0.2) is 24.3 Å². The quantitative estimate of drug-likeness (QED) is 0.762. The molecule has 1 saturated heterocycles. The third-order valence-corrected chi connectivity index (χ3v) is 4.83. The molecule has 0 radical (unpaired) electrons. The van der Waals surface area contributed by atoms with E-state index in [1.54, 1.807) is 0 Å². The molecule has 0 bridgehead atoms. The van der Waals surface area contributed by atoms with E-state index in [-0.39, 0.29) is 12.5 Å². The summed E-state index contributed by atoms with van der Waals surface area (Å²) in [7, 11) is 0. The van der Waals surface area contributed by atoms with E-state index in [0.717, 1.165) is 5.56 Å². The molecule has 1 unspecified atom stereocenters. The molecule has 1 aromatic carbocycles. The van der Waals surface area contributed by atoms with Crippen LogP contribution in [0.2, 0.25) is 0 Å². The molecule has 0 saturated carbocycles. The number of fused-ring (bicyclic) bond motifs is 1. The summed E-state index contributed by atoms with van der Waals surface area (Å²) in [6, 6.07) is 7.90. The molecule has 1 aliphatic heterocycles. The summed E-state index contributed by atoms with van der Waals surface area (Å²) in [6.45, 7) is 1.17. The Kier molecular flexibility index (Phi) is 4.21. The number of hydrogen-bond acceptors (Lipinski definition) is 4. The van der Waals surface area contributed by atoms with Crippen molar-refractivity contribution in [2.75, 3.05) is 19.8 Å². The fraction of sp³-hybridized carbons (Fsp3) is 0.588. The van der Waals surface area contributed by atoms with Crippen LogP contribution in [0.3, 0.4) is 0 Å². The number of carbonyl (C=O) groups excluding carboxylic acids is 1. The highest BCUT2D eigenvalue weighted by molar-refractivity contribution is 5.85. The second-order valence-electron chi connectivity index (χ2n) is 6.50. The normalized spacial score (nSPS) is 27.0. The van der Waals surface area contributed by atoms with Gasteiger partial charge in [0.15, 0.2) is 0 Å². The maximum absolute atomic E-state index is 12.4. The summed E-state index contributed by atoms with van der Waals surface area (Å²) in [5.41, 5.74) is -0.0774. The van der Waals surface area contributed by atoms with Crippen molar-refractivity contribution in [2.24, 2.45) is 0 Å². The Morgan fingerprint density at radius 1 is 1.14 bits per heavy atom. The largest absolute Gasteiger partial charge is 0.388 e. The molecular weight excluding hydrogens is 282 g/mol. The number of nitrogens with one attached hydrogen (secondary N) is 1. The van der Waals surface area contributed by atoms with E-state index in [0.29, 0.717) is 45.3 Å². The van der Waals surface area contributed by atoms with Crippen molar-refractivity contribution >= 4 is 5.91 Å². The number of benzene rings is 1. The minimum absolute atomic E-state index is 0.166. The van der Waals surface area contributed by atoms with Gasteiger partial charge in [-0.05, 0) is 24.0 Å². The van der Waals surface area contributed by atoms with Crippen LogP contribution in [0.5, 0.6) is 0 Å². The number of carbonyl (C=O) groups is 1. The number of rotatable bonds is 3. The third kappa shape index (κ3) is 3.16. The van der Waals surface area contributed by atoms with Crippen molar-refractivity contribution in [3.05, 3.63) is 35.4 Å². The molecule has 1 atom stereocenters. The summed E-state index contributed by atoms with van der Waals surface area (Å²) >= 11 is 0. The van der Waals surface area contributed by atoms with Crippen LogP contribution in [0.4, 0.5) is 0 Å². The van der Waals surface area contributed by atoms with Gasteiger partial charge in [-0.25, -0.2) is 0 Å². The smallest absolute Gasteiger partial charge is 0.252 e. The van der Waals surface area contributed by atoms with Crippen LogP contribution in [-0.2, 0) is 22.4 Å². The summed E-state index contributed by atoms with van der Waals surface area (Å²) < 4.78 is 5.22. The van der Waals surface area contributed by atoms with Crippen LogP contribution >= 0.6 is 0 Å². The number of aryl methyl sites for hydroxylation is 1. The van der Waals surface area contributed by atoms with Gasteiger partial charge >= 0.3 is 0 Å². The zero-order chi connectivity index (χ0) is 15.6. The highest BCUT2D eigenvalue weighted by atomic mass is 16.5. The molecule has 1 heterocycles. The van der Waals surface area contributed by atoms with E-state index < -0.39 is 11.2 Å². The highest BCUT2D eigenvalue weighted by Gasteiger charge is 2.40. The molecule has 5 heteroatoms. The molecular formula is C17H23NO4. The molecule has 0 spiro atoms. The molecule has 2 aliphatic rings. The third-order valence-electron chi connectivity index (χ3n) is 4.83. The summed E-state index contributed by atoms with van der Waals surface area (Å²) in [5.74, 6) is -0.387. The van der Waals surface area contributed by atoms with Crippen LogP contribution < -0.4 is 5.32 Å². The van der Waals surface area contributed by atoms with Gasteiger partial charge in [0.05, 0.1) is 5.60 Å². The molecule has 0 aromatic heterocycles. The van der Waals surface area contributed by atoms with E-state index in [1.165, 1.54) is 5.56 Å². The van der Waals surface area contributed by atoms with E-state index in [4.69, 9.17) is 4.74 Å². The topological polar surface area (TPSA) is 78.8 Å². The summed E-state index contributed by atoms with van der Waals surface area (Å²) in [4.78, 5) is 12.4. The average molecular weight is 305 g/mol. The molecule has 1 fully saturated rings.